The van der Waals surface area contributed by atoms with Gasteiger partial charge in [0.15, 0.2) is 0 Å². The van der Waals surface area contributed by atoms with Gasteiger partial charge in [-0.15, -0.1) is 0 Å². The molecule has 1 unspecified atom stereocenters. The van der Waals surface area contributed by atoms with Crippen molar-refractivity contribution in [2.75, 3.05) is 5.75 Å². The van der Waals surface area contributed by atoms with Crippen molar-refractivity contribution in [3.8, 4) is 0 Å². The van der Waals surface area contributed by atoms with E-state index < -0.39 is 10.0 Å². The van der Waals surface area contributed by atoms with Gasteiger partial charge in [-0.25, -0.2) is 13.1 Å². The Morgan fingerprint density at radius 2 is 1.95 bits per heavy atom. The summed E-state index contributed by atoms with van der Waals surface area (Å²) in [5.41, 5.74) is 1.34. The van der Waals surface area contributed by atoms with Crippen molar-refractivity contribution in [2.24, 2.45) is 5.41 Å². The molecule has 1 aromatic carbocycles. The van der Waals surface area contributed by atoms with Gasteiger partial charge in [0.1, 0.15) is 0 Å². The van der Waals surface area contributed by atoms with Gasteiger partial charge in [-0.2, -0.15) is 0 Å². The summed E-state index contributed by atoms with van der Waals surface area (Å²) in [5, 5.41) is 0. The molecule has 0 radical (unpaired) electrons. The van der Waals surface area contributed by atoms with Gasteiger partial charge in [0.2, 0.25) is 10.0 Å². The maximum Gasteiger partial charge on any atom is 0.212 e. The molecule has 1 fully saturated rings. The number of nitrogens with one attached hydrogen (secondary N) is 1. The van der Waals surface area contributed by atoms with Gasteiger partial charge < -0.3 is 0 Å². The van der Waals surface area contributed by atoms with Crippen LogP contribution in [-0.2, 0) is 16.4 Å². The molecule has 0 aromatic heterocycles. The van der Waals surface area contributed by atoms with Gasteiger partial charge in [0.25, 0.3) is 0 Å². The van der Waals surface area contributed by atoms with Crippen LogP contribution >= 0.6 is 0 Å². The highest BCUT2D eigenvalue weighted by molar-refractivity contribution is 7.89. The van der Waals surface area contributed by atoms with Gasteiger partial charge in [-0.05, 0) is 36.7 Å². The molecule has 1 aliphatic carbocycles. The van der Waals surface area contributed by atoms with Crippen molar-refractivity contribution < 1.29 is 8.42 Å². The SMILES string of the molecule is CC1(C)CCC(NS(=O)(=O)CCc2ccccc2)C1. The van der Waals surface area contributed by atoms with Crippen LogP contribution in [0.2, 0.25) is 0 Å². The van der Waals surface area contributed by atoms with Gasteiger partial charge in [-0.3, -0.25) is 0 Å². The Bertz CT molecular complexity index is 508. The van der Waals surface area contributed by atoms with Crippen LogP contribution in [0, 0.1) is 5.41 Å². The summed E-state index contributed by atoms with van der Waals surface area (Å²) in [6.45, 7) is 4.40. The Hall–Kier alpha value is -0.870. The van der Waals surface area contributed by atoms with Gasteiger partial charge >= 0.3 is 0 Å². The fraction of sp³-hybridized carbons (Fsp3) is 0.600. The first-order valence-electron chi connectivity index (χ1n) is 6.90. The van der Waals surface area contributed by atoms with E-state index in [0.29, 0.717) is 6.42 Å². The molecule has 1 atom stereocenters. The third kappa shape index (κ3) is 4.62. The van der Waals surface area contributed by atoms with Crippen molar-refractivity contribution in [2.45, 2.75) is 45.6 Å². The third-order valence-corrected chi connectivity index (χ3v) is 5.25. The summed E-state index contributed by atoms with van der Waals surface area (Å²) in [5.74, 6) is 0.175. The molecule has 1 aromatic rings. The molecule has 0 aliphatic heterocycles. The molecule has 1 saturated carbocycles. The van der Waals surface area contributed by atoms with Crippen LogP contribution in [0.5, 0.6) is 0 Å². The third-order valence-electron chi connectivity index (χ3n) is 3.82. The average molecular weight is 281 g/mol. The molecule has 0 amide bonds. The van der Waals surface area contributed by atoms with Crippen LogP contribution in [0.3, 0.4) is 0 Å². The van der Waals surface area contributed by atoms with E-state index >= 15 is 0 Å². The summed E-state index contributed by atoms with van der Waals surface area (Å²) in [4.78, 5) is 0. The van der Waals surface area contributed by atoms with E-state index in [4.69, 9.17) is 0 Å². The second-order valence-corrected chi connectivity index (χ2v) is 8.15. The molecule has 19 heavy (non-hydrogen) atoms. The highest BCUT2D eigenvalue weighted by Crippen LogP contribution is 2.37. The number of benzene rings is 1. The summed E-state index contributed by atoms with van der Waals surface area (Å²) in [6.07, 6.45) is 3.57. The predicted molar refractivity (Wildman–Crippen MR) is 78.5 cm³/mol. The van der Waals surface area contributed by atoms with E-state index in [1.54, 1.807) is 0 Å². The molecule has 1 N–H and O–H groups in total. The fourth-order valence-corrected chi connectivity index (χ4v) is 4.08. The second kappa shape index (κ2) is 5.63. The van der Waals surface area contributed by atoms with Gasteiger partial charge in [0.05, 0.1) is 5.75 Å². The molecule has 2 rings (SSSR count). The maximum atomic E-state index is 12.1. The smallest absolute Gasteiger partial charge is 0.212 e. The Kier molecular flexibility index (Phi) is 4.31. The summed E-state index contributed by atoms with van der Waals surface area (Å²) in [7, 11) is -3.16. The van der Waals surface area contributed by atoms with Crippen molar-refractivity contribution in [3.63, 3.8) is 0 Å². The van der Waals surface area contributed by atoms with Crippen LogP contribution in [-0.4, -0.2) is 20.2 Å². The van der Waals surface area contributed by atoms with Crippen LogP contribution < -0.4 is 4.72 Å². The fourth-order valence-electron chi connectivity index (χ4n) is 2.75. The zero-order chi connectivity index (χ0) is 13.9. The molecular formula is C15H23NO2S. The lowest BCUT2D eigenvalue weighted by atomic mass is 9.92. The summed E-state index contributed by atoms with van der Waals surface area (Å²) in [6, 6.07) is 9.87. The zero-order valence-electron chi connectivity index (χ0n) is 11.7. The van der Waals surface area contributed by atoms with Crippen molar-refractivity contribution in [3.05, 3.63) is 35.9 Å². The molecule has 1 aliphatic rings. The number of aryl methyl sites for hydroxylation is 1. The minimum atomic E-state index is -3.16. The van der Waals surface area contributed by atoms with E-state index in [-0.39, 0.29) is 17.2 Å². The first-order chi connectivity index (χ1) is 8.86. The van der Waals surface area contributed by atoms with Crippen molar-refractivity contribution >= 4 is 10.0 Å². The lowest BCUT2D eigenvalue weighted by Crippen LogP contribution is -2.35. The Morgan fingerprint density at radius 3 is 2.53 bits per heavy atom. The lowest BCUT2D eigenvalue weighted by Gasteiger charge is -2.17. The first kappa shape index (κ1) is 14.5. The van der Waals surface area contributed by atoms with E-state index in [9.17, 15) is 8.42 Å². The van der Waals surface area contributed by atoms with Crippen LogP contribution in [0.1, 0.15) is 38.7 Å². The maximum absolute atomic E-state index is 12.1. The van der Waals surface area contributed by atoms with Crippen LogP contribution in [0.25, 0.3) is 0 Å². The Labute approximate surface area is 116 Å². The number of hydrogen-bond acceptors (Lipinski definition) is 2. The van der Waals surface area contributed by atoms with E-state index in [1.165, 1.54) is 0 Å². The van der Waals surface area contributed by atoms with Crippen LogP contribution in [0.15, 0.2) is 30.3 Å². The second-order valence-electron chi connectivity index (χ2n) is 6.28. The zero-order valence-corrected chi connectivity index (χ0v) is 12.5. The standard InChI is InChI=1S/C15H23NO2S/c1-15(2)10-8-14(12-15)16-19(17,18)11-9-13-6-4-3-5-7-13/h3-7,14,16H,8-12H2,1-2H3. The molecule has 0 heterocycles. The highest BCUT2D eigenvalue weighted by atomic mass is 32.2. The van der Waals surface area contributed by atoms with E-state index in [1.807, 2.05) is 30.3 Å². The van der Waals surface area contributed by atoms with Gasteiger partial charge in [-0.1, -0.05) is 44.2 Å². The molecule has 0 bridgehead atoms. The minimum Gasteiger partial charge on any atom is -0.212 e. The first-order valence-corrected chi connectivity index (χ1v) is 8.55. The quantitative estimate of drug-likeness (QED) is 0.902. The topological polar surface area (TPSA) is 46.2 Å². The van der Waals surface area contributed by atoms with Crippen LogP contribution in [0.4, 0.5) is 0 Å². The molecule has 3 nitrogen and oxygen atoms in total. The number of rotatable bonds is 5. The molecular weight excluding hydrogens is 258 g/mol. The average Bonchev–Trinajstić information content (AvgIpc) is 2.67. The van der Waals surface area contributed by atoms with E-state index in [2.05, 4.69) is 18.6 Å². The minimum absolute atomic E-state index is 0.121. The Morgan fingerprint density at radius 1 is 1.26 bits per heavy atom. The van der Waals surface area contributed by atoms with E-state index in [0.717, 1.165) is 24.8 Å². The molecule has 4 heteroatoms. The Balaban J connectivity index is 1.86. The number of hydrogen-bond donors (Lipinski definition) is 1. The monoisotopic (exact) mass is 281 g/mol. The summed E-state index contributed by atoms with van der Waals surface area (Å²) >= 11 is 0. The molecule has 0 spiro atoms. The van der Waals surface area contributed by atoms with Crippen molar-refractivity contribution in [1.82, 2.24) is 4.72 Å². The number of sulfonamides is 1. The molecule has 0 saturated heterocycles. The normalized spacial score (nSPS) is 22.5. The predicted octanol–water partition coefficient (Wildman–Crippen LogP) is 2.73. The lowest BCUT2D eigenvalue weighted by molar-refractivity contribution is 0.372. The van der Waals surface area contributed by atoms with Gasteiger partial charge in [0, 0.05) is 6.04 Å². The summed E-state index contributed by atoms with van der Waals surface area (Å²) < 4.78 is 27.0. The largest absolute Gasteiger partial charge is 0.212 e. The molecule has 106 valence electrons. The van der Waals surface area contributed by atoms with Crippen molar-refractivity contribution in [1.29, 1.82) is 0 Å². The highest BCUT2D eigenvalue weighted by Gasteiger charge is 2.32.